The molecule has 1 fully saturated rings. The second-order valence-corrected chi connectivity index (χ2v) is 12.2. The zero-order valence-electron chi connectivity index (χ0n) is 12.7. The Labute approximate surface area is 114 Å². The first-order chi connectivity index (χ1) is 8.53. The van der Waals surface area contributed by atoms with Gasteiger partial charge in [0.25, 0.3) is 0 Å². The fourth-order valence-corrected chi connectivity index (χ4v) is 3.47. The van der Waals surface area contributed by atoms with Gasteiger partial charge in [-0.3, -0.25) is 0 Å². The van der Waals surface area contributed by atoms with Crippen LogP contribution in [0.3, 0.4) is 0 Å². The van der Waals surface area contributed by atoms with E-state index in [0.29, 0.717) is 0 Å². The van der Waals surface area contributed by atoms with Crippen LogP contribution in [0.1, 0.15) is 38.5 Å². The summed E-state index contributed by atoms with van der Waals surface area (Å²) >= 11 is 0. The lowest BCUT2D eigenvalue weighted by molar-refractivity contribution is 0.315. The first kappa shape index (κ1) is 15.6. The first-order valence-corrected chi connectivity index (χ1v) is 11.1. The minimum atomic E-state index is -0.891. The molecule has 1 saturated carbocycles. The van der Waals surface area contributed by atoms with Gasteiger partial charge in [0.15, 0.2) is 0 Å². The summed E-state index contributed by atoms with van der Waals surface area (Å²) in [6.07, 6.45) is 14.7. The van der Waals surface area contributed by atoms with E-state index < -0.39 is 8.07 Å². The smallest absolute Gasteiger partial charge is 0.0819 e. The van der Waals surface area contributed by atoms with Gasteiger partial charge in [0.1, 0.15) is 0 Å². The average molecular weight is 267 g/mol. The third kappa shape index (κ3) is 6.44. The fourth-order valence-electron chi connectivity index (χ4n) is 2.60. The van der Waals surface area contributed by atoms with Gasteiger partial charge in [0.05, 0.1) is 13.4 Å². The highest BCUT2D eigenvalue weighted by Crippen LogP contribution is 2.32. The molecule has 0 aromatic carbocycles. The molecule has 0 heterocycles. The van der Waals surface area contributed by atoms with Crippen molar-refractivity contribution in [3.8, 4) is 0 Å². The highest BCUT2D eigenvalue weighted by molar-refractivity contribution is 6.76. The summed E-state index contributed by atoms with van der Waals surface area (Å²) < 4.78 is 5.21. The second kappa shape index (κ2) is 7.83. The summed E-state index contributed by atoms with van der Waals surface area (Å²) in [5.41, 5.74) is 1.54. The van der Waals surface area contributed by atoms with Gasteiger partial charge in [0.2, 0.25) is 0 Å². The van der Waals surface area contributed by atoms with E-state index in [4.69, 9.17) is 4.74 Å². The van der Waals surface area contributed by atoms with Crippen LogP contribution < -0.4 is 0 Å². The largest absolute Gasteiger partial charge is 0.504 e. The molecule has 1 unspecified atom stereocenters. The van der Waals surface area contributed by atoms with Gasteiger partial charge < -0.3 is 4.74 Å². The topological polar surface area (TPSA) is 9.23 Å². The molecule has 1 rings (SSSR count). The molecule has 2 heteroatoms. The average Bonchev–Trinajstić information content (AvgIpc) is 2.29. The maximum Gasteiger partial charge on any atom is 0.0819 e. The molecule has 0 N–H and O–H groups in total. The standard InChI is InChI=1S/C16H30OSi/c1-17-14-16-12-8-7-11-15(16)10-6-5-9-13-18(2,3)4/h5,9,14-15H,6-8,10-13H2,1-4H3/b9-5+,16-14+. The Balaban J connectivity index is 2.31. The molecule has 1 aliphatic rings. The van der Waals surface area contributed by atoms with Crippen molar-refractivity contribution in [3.05, 3.63) is 24.0 Å². The molecule has 104 valence electrons. The number of hydrogen-bond acceptors (Lipinski definition) is 1. The van der Waals surface area contributed by atoms with E-state index >= 15 is 0 Å². The number of allylic oxidation sites excluding steroid dienone is 3. The van der Waals surface area contributed by atoms with Crippen LogP contribution in [0.25, 0.3) is 0 Å². The maximum absolute atomic E-state index is 5.21. The summed E-state index contributed by atoms with van der Waals surface area (Å²) in [6.45, 7) is 7.29. The van der Waals surface area contributed by atoms with Gasteiger partial charge in [-0.2, -0.15) is 0 Å². The number of hydrogen-bond donors (Lipinski definition) is 0. The zero-order valence-corrected chi connectivity index (χ0v) is 13.7. The highest BCUT2D eigenvalue weighted by atomic mass is 28.3. The van der Waals surface area contributed by atoms with E-state index in [-0.39, 0.29) is 0 Å². The Morgan fingerprint density at radius 1 is 1.22 bits per heavy atom. The van der Waals surface area contributed by atoms with Gasteiger partial charge in [-0.1, -0.05) is 38.2 Å². The van der Waals surface area contributed by atoms with E-state index in [1.165, 1.54) is 44.6 Å². The molecule has 0 aromatic rings. The highest BCUT2D eigenvalue weighted by Gasteiger charge is 2.18. The van der Waals surface area contributed by atoms with Crippen molar-refractivity contribution in [2.45, 2.75) is 64.2 Å². The van der Waals surface area contributed by atoms with Crippen molar-refractivity contribution in [1.82, 2.24) is 0 Å². The van der Waals surface area contributed by atoms with Gasteiger partial charge in [0, 0.05) is 8.07 Å². The zero-order chi connectivity index (χ0) is 13.4. The van der Waals surface area contributed by atoms with E-state index in [1.807, 2.05) is 6.26 Å². The van der Waals surface area contributed by atoms with Crippen molar-refractivity contribution in [1.29, 1.82) is 0 Å². The summed E-state index contributed by atoms with van der Waals surface area (Å²) in [6, 6.07) is 1.32. The molecule has 0 radical (unpaired) electrons. The minimum absolute atomic E-state index is 0.773. The minimum Gasteiger partial charge on any atom is -0.504 e. The molecule has 0 aliphatic heterocycles. The molecule has 0 amide bonds. The Morgan fingerprint density at radius 2 is 2.00 bits per heavy atom. The molecule has 18 heavy (non-hydrogen) atoms. The summed E-state index contributed by atoms with van der Waals surface area (Å²) in [5, 5.41) is 0. The number of ether oxygens (including phenoxy) is 1. The van der Waals surface area contributed by atoms with Crippen molar-refractivity contribution in [2.24, 2.45) is 5.92 Å². The van der Waals surface area contributed by atoms with Crippen molar-refractivity contribution in [2.75, 3.05) is 7.11 Å². The molecular weight excluding hydrogens is 236 g/mol. The Morgan fingerprint density at radius 3 is 2.67 bits per heavy atom. The maximum atomic E-state index is 5.21. The summed E-state index contributed by atoms with van der Waals surface area (Å²) in [7, 11) is 0.879. The Bertz CT molecular complexity index is 286. The van der Waals surface area contributed by atoms with Gasteiger partial charge in [-0.25, -0.2) is 0 Å². The third-order valence-corrected chi connectivity index (χ3v) is 5.10. The van der Waals surface area contributed by atoms with Crippen molar-refractivity contribution in [3.63, 3.8) is 0 Å². The van der Waals surface area contributed by atoms with E-state index in [2.05, 4.69) is 31.8 Å². The van der Waals surface area contributed by atoms with Crippen LogP contribution in [0.15, 0.2) is 24.0 Å². The van der Waals surface area contributed by atoms with Crippen LogP contribution >= 0.6 is 0 Å². The predicted octanol–water partition coefficient (Wildman–Crippen LogP) is 5.38. The SMILES string of the molecule is CO/C=C1\CCCCC1CC/C=C/C[Si](C)(C)C. The monoisotopic (exact) mass is 266 g/mol. The molecule has 1 aliphatic carbocycles. The summed E-state index contributed by atoms with van der Waals surface area (Å²) in [4.78, 5) is 0. The number of rotatable bonds is 6. The Kier molecular flexibility index (Phi) is 6.76. The first-order valence-electron chi connectivity index (χ1n) is 7.39. The lowest BCUT2D eigenvalue weighted by atomic mass is 9.82. The van der Waals surface area contributed by atoms with Crippen LogP contribution in [0.2, 0.25) is 25.7 Å². The van der Waals surface area contributed by atoms with Crippen molar-refractivity contribution < 1.29 is 4.74 Å². The van der Waals surface area contributed by atoms with E-state index in [0.717, 1.165) is 5.92 Å². The predicted molar refractivity (Wildman–Crippen MR) is 83.6 cm³/mol. The Hall–Kier alpha value is -0.503. The lowest BCUT2D eigenvalue weighted by Crippen LogP contribution is -2.17. The van der Waals surface area contributed by atoms with Crippen LogP contribution in [0.5, 0.6) is 0 Å². The lowest BCUT2D eigenvalue weighted by Gasteiger charge is -2.24. The molecule has 1 atom stereocenters. The number of methoxy groups -OCH3 is 1. The van der Waals surface area contributed by atoms with E-state index in [1.54, 1.807) is 12.7 Å². The summed E-state index contributed by atoms with van der Waals surface area (Å²) in [5.74, 6) is 0.773. The van der Waals surface area contributed by atoms with Gasteiger partial charge >= 0.3 is 0 Å². The van der Waals surface area contributed by atoms with E-state index in [9.17, 15) is 0 Å². The molecule has 0 saturated heterocycles. The third-order valence-electron chi connectivity index (χ3n) is 3.64. The fraction of sp³-hybridized carbons (Fsp3) is 0.750. The molecule has 0 spiro atoms. The van der Waals surface area contributed by atoms with Crippen LogP contribution in [0, 0.1) is 5.92 Å². The molecule has 1 nitrogen and oxygen atoms in total. The molecular formula is C16H30OSi. The van der Waals surface area contributed by atoms with Gasteiger partial charge in [-0.15, -0.1) is 0 Å². The van der Waals surface area contributed by atoms with Crippen LogP contribution in [0.4, 0.5) is 0 Å². The van der Waals surface area contributed by atoms with Gasteiger partial charge in [-0.05, 0) is 49.6 Å². The molecule has 0 bridgehead atoms. The normalized spacial score (nSPS) is 23.8. The van der Waals surface area contributed by atoms with Crippen LogP contribution in [-0.2, 0) is 4.74 Å². The second-order valence-electron chi connectivity index (χ2n) is 6.68. The van der Waals surface area contributed by atoms with Crippen LogP contribution in [-0.4, -0.2) is 15.2 Å². The quantitative estimate of drug-likeness (QED) is 0.356. The van der Waals surface area contributed by atoms with Crippen molar-refractivity contribution >= 4 is 8.07 Å². The molecule has 0 aromatic heterocycles.